The lowest BCUT2D eigenvalue weighted by Crippen LogP contribution is -2.56. The highest BCUT2D eigenvalue weighted by Crippen LogP contribution is 2.19. The molecule has 2 rings (SSSR count). The molecule has 0 bridgehead atoms. The number of nitrogens with zero attached hydrogens (tertiary/aromatic N) is 2. The van der Waals surface area contributed by atoms with Crippen molar-refractivity contribution in [2.75, 3.05) is 26.2 Å². The summed E-state index contributed by atoms with van der Waals surface area (Å²) in [6.45, 7) is 9.92. The van der Waals surface area contributed by atoms with Crippen molar-refractivity contribution >= 4 is 12.0 Å². The number of carbonyl (C=O) groups excluding carboxylic acids is 2. The molecular formula is C16H28N2O4. The summed E-state index contributed by atoms with van der Waals surface area (Å²) in [4.78, 5) is 28.0. The molecule has 2 saturated heterocycles. The van der Waals surface area contributed by atoms with Crippen LogP contribution in [0.4, 0.5) is 4.79 Å². The molecule has 0 radical (unpaired) electrons. The quantitative estimate of drug-likeness (QED) is 0.783. The Morgan fingerprint density at radius 2 is 2.00 bits per heavy atom. The van der Waals surface area contributed by atoms with Gasteiger partial charge in [0.05, 0.1) is 12.5 Å². The molecular weight excluding hydrogens is 284 g/mol. The monoisotopic (exact) mass is 312 g/mol. The van der Waals surface area contributed by atoms with Gasteiger partial charge in [0.25, 0.3) is 0 Å². The van der Waals surface area contributed by atoms with Gasteiger partial charge in [-0.25, -0.2) is 4.79 Å². The Balaban J connectivity index is 1.84. The zero-order valence-electron chi connectivity index (χ0n) is 14.1. The molecule has 0 spiro atoms. The van der Waals surface area contributed by atoms with Gasteiger partial charge in [-0.1, -0.05) is 0 Å². The van der Waals surface area contributed by atoms with Gasteiger partial charge in [-0.2, -0.15) is 0 Å². The van der Waals surface area contributed by atoms with Gasteiger partial charge in [0.1, 0.15) is 5.60 Å². The number of hydrogen-bond donors (Lipinski definition) is 0. The molecule has 2 aliphatic heterocycles. The van der Waals surface area contributed by atoms with Crippen LogP contribution in [-0.2, 0) is 14.3 Å². The molecule has 126 valence electrons. The van der Waals surface area contributed by atoms with Gasteiger partial charge < -0.3 is 19.3 Å². The van der Waals surface area contributed by atoms with Gasteiger partial charge in [-0.15, -0.1) is 0 Å². The molecule has 0 N–H and O–H groups in total. The second kappa shape index (κ2) is 6.86. The molecule has 6 heteroatoms. The molecule has 2 fully saturated rings. The molecule has 0 aromatic heterocycles. The third-order valence-electron chi connectivity index (χ3n) is 4.03. The normalized spacial score (nSPS) is 26.2. The van der Waals surface area contributed by atoms with E-state index in [1.54, 1.807) is 4.90 Å². The molecule has 6 nitrogen and oxygen atoms in total. The second-order valence-corrected chi connectivity index (χ2v) is 7.20. The Morgan fingerprint density at radius 1 is 1.27 bits per heavy atom. The molecule has 2 amide bonds. The van der Waals surface area contributed by atoms with Gasteiger partial charge in [0, 0.05) is 32.3 Å². The number of rotatable bonds is 2. The summed E-state index contributed by atoms with van der Waals surface area (Å²) in [5.74, 6) is 0.128. The topological polar surface area (TPSA) is 59.1 Å². The minimum Gasteiger partial charge on any atom is -0.444 e. The van der Waals surface area contributed by atoms with Crippen molar-refractivity contribution in [3.05, 3.63) is 0 Å². The standard InChI is InChI=1S/C16H28N2O4/c1-12-11-17(15(20)22-16(2,3)4)7-8-18(12)14(19)10-13-6-5-9-21-13/h12-13H,5-11H2,1-4H3/t12-,13-/m1/s1. The summed E-state index contributed by atoms with van der Waals surface area (Å²) in [6.07, 6.45) is 2.24. The van der Waals surface area contributed by atoms with Crippen molar-refractivity contribution in [2.45, 2.75) is 64.7 Å². The summed E-state index contributed by atoms with van der Waals surface area (Å²) in [5.41, 5.74) is -0.493. The first kappa shape index (κ1) is 17.1. The molecule has 0 saturated carbocycles. The first-order chi connectivity index (χ1) is 10.3. The van der Waals surface area contributed by atoms with Crippen LogP contribution in [0.5, 0.6) is 0 Å². The number of hydrogen-bond acceptors (Lipinski definition) is 4. The molecule has 2 atom stereocenters. The van der Waals surface area contributed by atoms with E-state index in [1.165, 1.54) is 0 Å². The van der Waals surface area contributed by atoms with Gasteiger partial charge in [-0.05, 0) is 40.5 Å². The first-order valence-corrected chi connectivity index (χ1v) is 8.15. The highest BCUT2D eigenvalue weighted by molar-refractivity contribution is 5.77. The third-order valence-corrected chi connectivity index (χ3v) is 4.03. The van der Waals surface area contributed by atoms with E-state index in [9.17, 15) is 9.59 Å². The molecule has 0 unspecified atom stereocenters. The third kappa shape index (κ3) is 4.60. The molecule has 0 aromatic rings. The number of ether oxygens (including phenoxy) is 2. The zero-order chi connectivity index (χ0) is 16.3. The fourth-order valence-electron chi connectivity index (χ4n) is 2.94. The van der Waals surface area contributed by atoms with E-state index in [4.69, 9.17) is 9.47 Å². The lowest BCUT2D eigenvalue weighted by Gasteiger charge is -2.40. The fraction of sp³-hybridized carbons (Fsp3) is 0.875. The van der Waals surface area contributed by atoms with Crippen LogP contribution in [0.25, 0.3) is 0 Å². The van der Waals surface area contributed by atoms with Crippen LogP contribution in [0.2, 0.25) is 0 Å². The summed E-state index contributed by atoms with van der Waals surface area (Å²) >= 11 is 0. The summed E-state index contributed by atoms with van der Waals surface area (Å²) in [5, 5.41) is 0. The summed E-state index contributed by atoms with van der Waals surface area (Å²) in [7, 11) is 0. The van der Waals surface area contributed by atoms with Crippen molar-refractivity contribution in [3.63, 3.8) is 0 Å². The Labute approximate surface area is 132 Å². The van der Waals surface area contributed by atoms with Crippen LogP contribution in [0, 0.1) is 0 Å². The van der Waals surface area contributed by atoms with Crippen LogP contribution >= 0.6 is 0 Å². The number of piperazine rings is 1. The fourth-order valence-corrected chi connectivity index (χ4v) is 2.94. The van der Waals surface area contributed by atoms with Gasteiger partial charge in [0.15, 0.2) is 0 Å². The van der Waals surface area contributed by atoms with E-state index < -0.39 is 5.60 Å². The van der Waals surface area contributed by atoms with Crippen LogP contribution < -0.4 is 0 Å². The molecule has 2 heterocycles. The summed E-state index contributed by atoms with van der Waals surface area (Å²) in [6, 6.07) is 0.00942. The highest BCUT2D eigenvalue weighted by atomic mass is 16.6. The molecule has 0 aromatic carbocycles. The predicted molar refractivity (Wildman–Crippen MR) is 82.6 cm³/mol. The van der Waals surface area contributed by atoms with E-state index in [0.29, 0.717) is 26.1 Å². The van der Waals surface area contributed by atoms with E-state index in [-0.39, 0.29) is 24.1 Å². The highest BCUT2D eigenvalue weighted by Gasteiger charge is 2.33. The van der Waals surface area contributed by atoms with Gasteiger partial charge >= 0.3 is 6.09 Å². The van der Waals surface area contributed by atoms with Crippen LogP contribution in [0.1, 0.15) is 47.0 Å². The number of carbonyl (C=O) groups is 2. The summed E-state index contributed by atoms with van der Waals surface area (Å²) < 4.78 is 10.9. The van der Waals surface area contributed by atoms with Gasteiger partial charge in [0.2, 0.25) is 5.91 Å². The Bertz CT molecular complexity index is 413. The Hall–Kier alpha value is -1.30. The predicted octanol–water partition coefficient (Wildman–Crippen LogP) is 2.02. The van der Waals surface area contributed by atoms with Gasteiger partial charge in [-0.3, -0.25) is 4.79 Å². The maximum atomic E-state index is 12.4. The molecule has 22 heavy (non-hydrogen) atoms. The van der Waals surface area contributed by atoms with E-state index in [0.717, 1.165) is 19.4 Å². The first-order valence-electron chi connectivity index (χ1n) is 8.15. The smallest absolute Gasteiger partial charge is 0.410 e. The van der Waals surface area contributed by atoms with Crippen molar-refractivity contribution in [3.8, 4) is 0 Å². The molecule has 0 aliphatic carbocycles. The minimum atomic E-state index is -0.493. The second-order valence-electron chi connectivity index (χ2n) is 7.20. The van der Waals surface area contributed by atoms with E-state index in [2.05, 4.69) is 0 Å². The molecule has 2 aliphatic rings. The van der Waals surface area contributed by atoms with Crippen LogP contribution in [0.15, 0.2) is 0 Å². The Morgan fingerprint density at radius 3 is 2.55 bits per heavy atom. The largest absolute Gasteiger partial charge is 0.444 e. The maximum absolute atomic E-state index is 12.4. The van der Waals surface area contributed by atoms with Crippen molar-refractivity contribution in [1.82, 2.24) is 9.80 Å². The van der Waals surface area contributed by atoms with E-state index >= 15 is 0 Å². The lowest BCUT2D eigenvalue weighted by atomic mass is 10.1. The van der Waals surface area contributed by atoms with Crippen molar-refractivity contribution in [2.24, 2.45) is 0 Å². The average Bonchev–Trinajstić information content (AvgIpc) is 2.89. The maximum Gasteiger partial charge on any atom is 0.410 e. The minimum absolute atomic E-state index is 0.00942. The SMILES string of the molecule is C[C@@H]1CN(C(=O)OC(C)(C)C)CCN1C(=O)C[C@H]1CCCO1. The van der Waals surface area contributed by atoms with Crippen LogP contribution in [0.3, 0.4) is 0 Å². The lowest BCUT2D eigenvalue weighted by molar-refractivity contribution is -0.138. The van der Waals surface area contributed by atoms with Crippen molar-refractivity contribution in [1.29, 1.82) is 0 Å². The number of amides is 2. The van der Waals surface area contributed by atoms with Crippen molar-refractivity contribution < 1.29 is 19.1 Å². The van der Waals surface area contributed by atoms with E-state index in [1.807, 2.05) is 32.6 Å². The average molecular weight is 312 g/mol. The Kier molecular flexibility index (Phi) is 5.32. The van der Waals surface area contributed by atoms with Crippen LogP contribution in [-0.4, -0.2) is 65.8 Å². The zero-order valence-corrected chi connectivity index (χ0v) is 14.1.